The molecule has 0 unspecified atom stereocenters. The predicted octanol–water partition coefficient (Wildman–Crippen LogP) is 3.20. The van der Waals surface area contributed by atoms with Crippen molar-refractivity contribution in [2.75, 3.05) is 0 Å². The molecular formula is C17H18N2O. The van der Waals surface area contributed by atoms with Crippen molar-refractivity contribution < 1.29 is 0 Å². The van der Waals surface area contributed by atoms with Crippen LogP contribution in [0.3, 0.4) is 0 Å². The molecule has 102 valence electrons. The number of benzene rings is 2. The van der Waals surface area contributed by atoms with Crippen molar-refractivity contribution in [3.8, 4) is 5.69 Å². The van der Waals surface area contributed by atoms with Gasteiger partial charge in [0.2, 0.25) is 0 Å². The summed E-state index contributed by atoms with van der Waals surface area (Å²) in [6.45, 7) is 4.24. The number of aromatic nitrogens is 2. The fourth-order valence-electron chi connectivity index (χ4n) is 2.72. The number of para-hydroxylation sites is 2. The van der Waals surface area contributed by atoms with Gasteiger partial charge < -0.3 is 0 Å². The average Bonchev–Trinajstić information content (AvgIpc) is 2.72. The van der Waals surface area contributed by atoms with Crippen molar-refractivity contribution in [3.63, 3.8) is 0 Å². The van der Waals surface area contributed by atoms with Crippen LogP contribution in [0.5, 0.6) is 0 Å². The Hall–Kier alpha value is -2.29. The van der Waals surface area contributed by atoms with E-state index in [1.807, 2.05) is 37.4 Å². The molecule has 3 heteroatoms. The Balaban J connectivity index is 2.35. The van der Waals surface area contributed by atoms with Gasteiger partial charge in [-0.3, -0.25) is 9.13 Å². The molecule has 2 aromatic carbocycles. The van der Waals surface area contributed by atoms with E-state index in [0.717, 1.165) is 23.1 Å². The lowest BCUT2D eigenvalue weighted by molar-refractivity contribution is 0.845. The Morgan fingerprint density at radius 2 is 1.75 bits per heavy atom. The monoisotopic (exact) mass is 266 g/mol. The molecule has 3 rings (SSSR count). The SMILES string of the molecule is CCc1cc(-n2c(=O)n(C)c3ccccc32)ccc1C. The van der Waals surface area contributed by atoms with E-state index < -0.39 is 0 Å². The molecule has 0 amide bonds. The summed E-state index contributed by atoms with van der Waals surface area (Å²) >= 11 is 0. The van der Waals surface area contributed by atoms with E-state index in [9.17, 15) is 4.79 Å². The Labute approximate surface area is 118 Å². The van der Waals surface area contributed by atoms with E-state index in [0.29, 0.717) is 0 Å². The van der Waals surface area contributed by atoms with Crippen LogP contribution in [0.1, 0.15) is 18.1 Å². The van der Waals surface area contributed by atoms with Gasteiger partial charge in [-0.05, 0) is 48.7 Å². The van der Waals surface area contributed by atoms with Crippen molar-refractivity contribution in [2.24, 2.45) is 7.05 Å². The Morgan fingerprint density at radius 3 is 2.45 bits per heavy atom. The van der Waals surface area contributed by atoms with Crippen LogP contribution in [-0.2, 0) is 13.5 Å². The van der Waals surface area contributed by atoms with Gasteiger partial charge in [-0.15, -0.1) is 0 Å². The summed E-state index contributed by atoms with van der Waals surface area (Å²) in [7, 11) is 1.82. The molecule has 1 aromatic heterocycles. The van der Waals surface area contributed by atoms with Gasteiger partial charge in [-0.1, -0.05) is 25.1 Å². The van der Waals surface area contributed by atoms with Crippen LogP contribution >= 0.6 is 0 Å². The molecule has 20 heavy (non-hydrogen) atoms. The summed E-state index contributed by atoms with van der Waals surface area (Å²) in [4.78, 5) is 12.5. The van der Waals surface area contributed by atoms with Crippen LogP contribution in [0.15, 0.2) is 47.3 Å². The largest absolute Gasteiger partial charge is 0.333 e. The molecule has 0 aliphatic rings. The molecule has 0 radical (unpaired) electrons. The number of aryl methyl sites for hydroxylation is 3. The fraction of sp³-hybridized carbons (Fsp3) is 0.235. The summed E-state index contributed by atoms with van der Waals surface area (Å²) in [5.74, 6) is 0. The predicted molar refractivity (Wildman–Crippen MR) is 82.6 cm³/mol. The second-order valence-corrected chi connectivity index (χ2v) is 5.13. The molecule has 0 aliphatic heterocycles. The number of hydrogen-bond acceptors (Lipinski definition) is 1. The third-order valence-electron chi connectivity index (χ3n) is 3.93. The van der Waals surface area contributed by atoms with Crippen LogP contribution in [0, 0.1) is 6.92 Å². The molecule has 0 saturated heterocycles. The second-order valence-electron chi connectivity index (χ2n) is 5.13. The maximum absolute atomic E-state index is 12.5. The van der Waals surface area contributed by atoms with Crippen molar-refractivity contribution in [3.05, 3.63) is 64.1 Å². The number of fused-ring (bicyclic) bond motifs is 1. The van der Waals surface area contributed by atoms with Crippen LogP contribution in [0.2, 0.25) is 0 Å². The van der Waals surface area contributed by atoms with E-state index in [1.54, 1.807) is 9.13 Å². The minimum absolute atomic E-state index is 0.00268. The van der Waals surface area contributed by atoms with Gasteiger partial charge >= 0.3 is 5.69 Å². The van der Waals surface area contributed by atoms with Crippen LogP contribution in [0.4, 0.5) is 0 Å². The summed E-state index contributed by atoms with van der Waals surface area (Å²) in [5, 5.41) is 0. The molecule has 0 N–H and O–H groups in total. The molecule has 0 aliphatic carbocycles. The van der Waals surface area contributed by atoms with Crippen molar-refractivity contribution in [1.82, 2.24) is 9.13 Å². The lowest BCUT2D eigenvalue weighted by atomic mass is 10.1. The molecule has 0 atom stereocenters. The highest BCUT2D eigenvalue weighted by molar-refractivity contribution is 5.78. The van der Waals surface area contributed by atoms with E-state index in [4.69, 9.17) is 0 Å². The highest BCUT2D eigenvalue weighted by atomic mass is 16.1. The molecule has 0 spiro atoms. The third kappa shape index (κ3) is 1.78. The van der Waals surface area contributed by atoms with Gasteiger partial charge in [0.25, 0.3) is 0 Å². The summed E-state index contributed by atoms with van der Waals surface area (Å²) in [5.41, 5.74) is 5.39. The maximum atomic E-state index is 12.5. The van der Waals surface area contributed by atoms with Crippen molar-refractivity contribution in [2.45, 2.75) is 20.3 Å². The number of rotatable bonds is 2. The zero-order valence-electron chi connectivity index (χ0n) is 12.1. The van der Waals surface area contributed by atoms with Crippen LogP contribution in [-0.4, -0.2) is 9.13 Å². The number of nitrogens with zero attached hydrogens (tertiary/aromatic N) is 2. The average molecular weight is 266 g/mol. The smallest absolute Gasteiger partial charge is 0.295 e. The summed E-state index contributed by atoms with van der Waals surface area (Å²) in [6.07, 6.45) is 0.971. The van der Waals surface area contributed by atoms with Crippen molar-refractivity contribution in [1.29, 1.82) is 0 Å². The minimum Gasteiger partial charge on any atom is -0.295 e. The van der Waals surface area contributed by atoms with Gasteiger partial charge in [0.15, 0.2) is 0 Å². The molecule has 0 saturated carbocycles. The van der Waals surface area contributed by atoms with Crippen LogP contribution < -0.4 is 5.69 Å². The van der Waals surface area contributed by atoms with Gasteiger partial charge in [-0.2, -0.15) is 0 Å². The van der Waals surface area contributed by atoms with E-state index in [-0.39, 0.29) is 5.69 Å². The normalized spacial score (nSPS) is 11.2. The zero-order valence-corrected chi connectivity index (χ0v) is 12.1. The first-order chi connectivity index (χ1) is 9.63. The highest BCUT2D eigenvalue weighted by Crippen LogP contribution is 2.19. The third-order valence-corrected chi connectivity index (χ3v) is 3.93. The molecule has 3 aromatic rings. The molecular weight excluding hydrogens is 248 g/mol. The first-order valence-corrected chi connectivity index (χ1v) is 6.90. The fourth-order valence-corrected chi connectivity index (χ4v) is 2.72. The number of imidazole rings is 1. The zero-order chi connectivity index (χ0) is 14.3. The lowest BCUT2D eigenvalue weighted by Gasteiger charge is -2.08. The first-order valence-electron chi connectivity index (χ1n) is 6.90. The highest BCUT2D eigenvalue weighted by Gasteiger charge is 2.12. The summed E-state index contributed by atoms with van der Waals surface area (Å²) in [6, 6.07) is 14.1. The van der Waals surface area contributed by atoms with E-state index >= 15 is 0 Å². The van der Waals surface area contributed by atoms with Crippen molar-refractivity contribution >= 4 is 11.0 Å². The Kier molecular flexibility index (Phi) is 2.97. The Bertz CT molecular complexity index is 840. The second kappa shape index (κ2) is 4.67. The molecule has 1 heterocycles. The standard InChI is InChI=1S/C17H18N2O/c1-4-13-11-14(10-9-12(13)2)19-16-8-6-5-7-15(16)18(3)17(19)20/h5-11H,4H2,1-3H3. The summed E-state index contributed by atoms with van der Waals surface area (Å²) < 4.78 is 3.48. The quantitative estimate of drug-likeness (QED) is 0.699. The minimum atomic E-state index is -0.00268. The molecule has 3 nitrogen and oxygen atoms in total. The number of hydrogen-bond donors (Lipinski definition) is 0. The van der Waals surface area contributed by atoms with Gasteiger partial charge in [-0.25, -0.2) is 4.79 Å². The topological polar surface area (TPSA) is 26.9 Å². The molecule has 0 fully saturated rings. The maximum Gasteiger partial charge on any atom is 0.333 e. The van der Waals surface area contributed by atoms with Gasteiger partial charge in [0.1, 0.15) is 0 Å². The first kappa shape index (κ1) is 12.7. The van der Waals surface area contributed by atoms with E-state index in [2.05, 4.69) is 26.0 Å². The lowest BCUT2D eigenvalue weighted by Crippen LogP contribution is -2.21. The van der Waals surface area contributed by atoms with Crippen LogP contribution in [0.25, 0.3) is 16.7 Å². The van der Waals surface area contributed by atoms with Gasteiger partial charge in [0.05, 0.1) is 16.7 Å². The Morgan fingerprint density at radius 1 is 1.05 bits per heavy atom. The van der Waals surface area contributed by atoms with E-state index in [1.165, 1.54) is 11.1 Å². The van der Waals surface area contributed by atoms with Gasteiger partial charge in [0, 0.05) is 7.05 Å². The molecule has 0 bridgehead atoms.